The lowest BCUT2D eigenvalue weighted by atomic mass is 10.1. The molecule has 2 aromatic rings. The summed E-state index contributed by atoms with van der Waals surface area (Å²) in [6.45, 7) is 3.58. The first-order chi connectivity index (χ1) is 13.4. The Kier molecular flexibility index (Phi) is 6.83. The quantitative estimate of drug-likeness (QED) is 0.794. The van der Waals surface area contributed by atoms with Crippen molar-refractivity contribution < 1.29 is 18.3 Å². The molecule has 1 heterocycles. The second-order valence-corrected chi connectivity index (χ2v) is 7.12. The summed E-state index contributed by atoms with van der Waals surface area (Å²) in [5.41, 5.74) is 0.874. The maximum Gasteiger partial charge on any atom is 0.238 e. The number of anilines is 1. The number of rotatable bonds is 6. The van der Waals surface area contributed by atoms with Gasteiger partial charge in [-0.2, -0.15) is 0 Å². The van der Waals surface area contributed by atoms with Gasteiger partial charge in [0.1, 0.15) is 17.4 Å². The standard InChI is InChI=1S/C20H22ClF2N3O2/c1-28-19-5-3-16(22)10-14(19)12-25-6-8-26(9-7-25)13-20(27)24-18-11-15(21)2-4-17(18)23/h2-5,10-11H,6-9,12-13H2,1H3,(H,24,27). The van der Waals surface area contributed by atoms with E-state index < -0.39 is 5.82 Å². The summed E-state index contributed by atoms with van der Waals surface area (Å²) in [4.78, 5) is 16.4. The number of benzene rings is 2. The van der Waals surface area contributed by atoms with Gasteiger partial charge in [-0.25, -0.2) is 8.78 Å². The Morgan fingerprint density at radius 3 is 2.54 bits per heavy atom. The van der Waals surface area contributed by atoms with E-state index in [0.29, 0.717) is 30.4 Å². The van der Waals surface area contributed by atoms with Gasteiger partial charge in [0.25, 0.3) is 0 Å². The van der Waals surface area contributed by atoms with E-state index in [1.807, 2.05) is 4.90 Å². The number of halogens is 3. The molecular formula is C20H22ClF2N3O2. The molecule has 2 aromatic carbocycles. The molecule has 150 valence electrons. The third kappa shape index (κ3) is 5.41. The highest BCUT2D eigenvalue weighted by Crippen LogP contribution is 2.22. The minimum absolute atomic E-state index is 0.0781. The third-order valence-electron chi connectivity index (χ3n) is 4.67. The summed E-state index contributed by atoms with van der Waals surface area (Å²) in [6, 6.07) is 8.52. The Labute approximate surface area is 167 Å². The Morgan fingerprint density at radius 1 is 1.11 bits per heavy atom. The molecule has 1 aliphatic rings. The first-order valence-corrected chi connectivity index (χ1v) is 9.34. The number of amides is 1. The first kappa shape index (κ1) is 20.5. The molecule has 0 saturated carbocycles. The third-order valence-corrected chi connectivity index (χ3v) is 4.91. The molecule has 0 spiro atoms. The highest BCUT2D eigenvalue weighted by atomic mass is 35.5. The van der Waals surface area contributed by atoms with E-state index in [9.17, 15) is 13.6 Å². The first-order valence-electron chi connectivity index (χ1n) is 8.96. The number of nitrogens with zero attached hydrogens (tertiary/aromatic N) is 2. The normalized spacial score (nSPS) is 15.4. The van der Waals surface area contributed by atoms with Crippen molar-refractivity contribution in [3.05, 3.63) is 58.6 Å². The molecule has 3 rings (SSSR count). The van der Waals surface area contributed by atoms with Gasteiger partial charge < -0.3 is 10.1 Å². The van der Waals surface area contributed by atoms with Crippen LogP contribution in [0.3, 0.4) is 0 Å². The van der Waals surface area contributed by atoms with Crippen LogP contribution < -0.4 is 10.1 Å². The summed E-state index contributed by atoms with van der Waals surface area (Å²) in [7, 11) is 1.57. The molecule has 0 unspecified atom stereocenters. The number of carbonyl (C=O) groups excluding carboxylic acids is 1. The topological polar surface area (TPSA) is 44.8 Å². The van der Waals surface area contributed by atoms with Crippen LogP contribution in [-0.2, 0) is 11.3 Å². The number of ether oxygens (including phenoxy) is 1. The van der Waals surface area contributed by atoms with Crippen LogP contribution in [-0.4, -0.2) is 55.5 Å². The van der Waals surface area contributed by atoms with Gasteiger partial charge in [0, 0.05) is 43.3 Å². The number of carbonyl (C=O) groups is 1. The van der Waals surface area contributed by atoms with Gasteiger partial charge in [0.2, 0.25) is 5.91 Å². The SMILES string of the molecule is COc1ccc(F)cc1CN1CCN(CC(=O)Nc2cc(Cl)ccc2F)CC1. The molecule has 8 heteroatoms. The molecule has 0 aromatic heterocycles. The van der Waals surface area contributed by atoms with Gasteiger partial charge in [0.05, 0.1) is 19.3 Å². The molecule has 1 fully saturated rings. The van der Waals surface area contributed by atoms with Crippen molar-refractivity contribution in [1.29, 1.82) is 0 Å². The summed E-state index contributed by atoms with van der Waals surface area (Å²) in [5.74, 6) is -0.445. The van der Waals surface area contributed by atoms with Crippen LogP contribution in [0.4, 0.5) is 14.5 Å². The van der Waals surface area contributed by atoms with E-state index in [2.05, 4.69) is 10.2 Å². The van der Waals surface area contributed by atoms with Crippen LogP contribution in [0.15, 0.2) is 36.4 Å². The van der Waals surface area contributed by atoms with Crippen LogP contribution >= 0.6 is 11.6 Å². The molecule has 28 heavy (non-hydrogen) atoms. The number of nitrogens with one attached hydrogen (secondary N) is 1. The van der Waals surface area contributed by atoms with E-state index in [1.54, 1.807) is 13.2 Å². The van der Waals surface area contributed by atoms with E-state index in [-0.39, 0.29) is 24.0 Å². The number of methoxy groups -OCH3 is 1. The highest BCUT2D eigenvalue weighted by molar-refractivity contribution is 6.30. The number of hydrogen-bond donors (Lipinski definition) is 1. The zero-order valence-electron chi connectivity index (χ0n) is 15.6. The van der Waals surface area contributed by atoms with Gasteiger partial charge in [0.15, 0.2) is 0 Å². The number of piperazine rings is 1. The van der Waals surface area contributed by atoms with E-state index >= 15 is 0 Å². The molecule has 0 atom stereocenters. The maximum absolute atomic E-state index is 13.7. The van der Waals surface area contributed by atoms with Crippen molar-refractivity contribution in [2.75, 3.05) is 45.2 Å². The molecular weight excluding hydrogens is 388 g/mol. The van der Waals surface area contributed by atoms with E-state index in [0.717, 1.165) is 18.7 Å². The van der Waals surface area contributed by atoms with Gasteiger partial charge >= 0.3 is 0 Å². The lowest BCUT2D eigenvalue weighted by molar-refractivity contribution is -0.117. The Morgan fingerprint density at radius 2 is 1.82 bits per heavy atom. The molecule has 0 aliphatic carbocycles. The molecule has 0 bridgehead atoms. The second kappa shape index (κ2) is 9.32. The van der Waals surface area contributed by atoms with Gasteiger partial charge in [-0.3, -0.25) is 14.6 Å². The monoisotopic (exact) mass is 409 g/mol. The molecule has 5 nitrogen and oxygen atoms in total. The molecule has 0 radical (unpaired) electrons. The summed E-state index contributed by atoms with van der Waals surface area (Å²) in [6.07, 6.45) is 0. The predicted octanol–water partition coefficient (Wildman–Crippen LogP) is 3.38. The van der Waals surface area contributed by atoms with Crippen molar-refractivity contribution >= 4 is 23.2 Å². The Hall–Kier alpha value is -2.22. The minimum atomic E-state index is -0.522. The maximum atomic E-state index is 13.7. The fourth-order valence-electron chi connectivity index (χ4n) is 3.20. The highest BCUT2D eigenvalue weighted by Gasteiger charge is 2.20. The minimum Gasteiger partial charge on any atom is -0.496 e. The fourth-order valence-corrected chi connectivity index (χ4v) is 3.38. The summed E-state index contributed by atoms with van der Waals surface area (Å²) in [5, 5.41) is 2.92. The van der Waals surface area contributed by atoms with Crippen LogP contribution in [0.5, 0.6) is 5.75 Å². The van der Waals surface area contributed by atoms with E-state index in [1.165, 1.54) is 30.3 Å². The zero-order valence-corrected chi connectivity index (χ0v) is 16.3. The van der Waals surface area contributed by atoms with Crippen LogP contribution in [0.25, 0.3) is 0 Å². The van der Waals surface area contributed by atoms with E-state index in [4.69, 9.17) is 16.3 Å². The average molecular weight is 410 g/mol. The zero-order chi connectivity index (χ0) is 20.1. The largest absolute Gasteiger partial charge is 0.496 e. The molecule has 1 saturated heterocycles. The summed E-state index contributed by atoms with van der Waals surface area (Å²) < 4.78 is 32.5. The van der Waals surface area contributed by atoms with Crippen LogP contribution in [0, 0.1) is 11.6 Å². The van der Waals surface area contributed by atoms with Crippen molar-refractivity contribution in [2.24, 2.45) is 0 Å². The van der Waals surface area contributed by atoms with Crippen molar-refractivity contribution in [1.82, 2.24) is 9.80 Å². The second-order valence-electron chi connectivity index (χ2n) is 6.68. The van der Waals surface area contributed by atoms with Gasteiger partial charge in [-0.05, 0) is 36.4 Å². The molecule has 1 aliphatic heterocycles. The Balaban J connectivity index is 1.49. The van der Waals surface area contributed by atoms with Crippen LogP contribution in [0.1, 0.15) is 5.56 Å². The lowest BCUT2D eigenvalue weighted by Crippen LogP contribution is -2.48. The van der Waals surface area contributed by atoms with Crippen molar-refractivity contribution in [3.8, 4) is 5.75 Å². The molecule has 1 amide bonds. The fraction of sp³-hybridized carbons (Fsp3) is 0.350. The summed E-state index contributed by atoms with van der Waals surface area (Å²) >= 11 is 5.84. The lowest BCUT2D eigenvalue weighted by Gasteiger charge is -2.34. The Bertz CT molecular complexity index is 842. The van der Waals surface area contributed by atoms with Crippen LogP contribution in [0.2, 0.25) is 5.02 Å². The average Bonchev–Trinajstić information content (AvgIpc) is 2.66. The van der Waals surface area contributed by atoms with Crippen molar-refractivity contribution in [3.63, 3.8) is 0 Å². The van der Waals surface area contributed by atoms with Crippen molar-refractivity contribution in [2.45, 2.75) is 6.54 Å². The van der Waals surface area contributed by atoms with Gasteiger partial charge in [-0.1, -0.05) is 11.6 Å². The van der Waals surface area contributed by atoms with Gasteiger partial charge in [-0.15, -0.1) is 0 Å². The smallest absolute Gasteiger partial charge is 0.238 e. The number of hydrogen-bond acceptors (Lipinski definition) is 4. The molecule has 1 N–H and O–H groups in total. The predicted molar refractivity (Wildman–Crippen MR) is 105 cm³/mol.